The van der Waals surface area contributed by atoms with E-state index >= 15 is 0 Å². The Morgan fingerprint density at radius 3 is 1.75 bits per heavy atom. The zero-order valence-corrected chi connectivity index (χ0v) is 7.96. The van der Waals surface area contributed by atoms with Gasteiger partial charge in [-0.15, -0.1) is 0 Å². The van der Waals surface area contributed by atoms with Gasteiger partial charge in [0.15, 0.2) is 10.8 Å². The fraction of sp³-hybridized carbons (Fsp3) is 0.500. The van der Waals surface area contributed by atoms with E-state index in [0.29, 0.717) is 0 Å². The maximum atomic E-state index is 12.5. The van der Waals surface area contributed by atoms with Crippen LogP contribution in [-0.4, -0.2) is 4.55 Å². The van der Waals surface area contributed by atoms with Crippen LogP contribution in [0.1, 0.15) is 26.7 Å². The lowest BCUT2D eigenvalue weighted by atomic mass is 10.5. The highest BCUT2D eigenvalue weighted by Gasteiger charge is 2.03. The number of rotatable bonds is 4. The second-order valence-electron chi connectivity index (χ2n) is 2.17. The van der Waals surface area contributed by atoms with Crippen molar-refractivity contribution >= 4 is 11.2 Å². The summed E-state index contributed by atoms with van der Waals surface area (Å²) in [5.41, 5.74) is 0. The average molecular weight is 194 g/mol. The third-order valence-corrected chi connectivity index (χ3v) is 2.14. The highest BCUT2D eigenvalue weighted by Crippen LogP contribution is 2.11. The molecule has 0 radical (unpaired) electrons. The van der Waals surface area contributed by atoms with Crippen molar-refractivity contribution in [3.63, 3.8) is 0 Å². The molecule has 0 aromatic heterocycles. The van der Waals surface area contributed by atoms with Crippen molar-refractivity contribution in [1.82, 2.24) is 0 Å². The highest BCUT2D eigenvalue weighted by atomic mass is 32.2. The molecule has 0 amide bonds. The molecular formula is C8H12F2OS. The lowest BCUT2D eigenvalue weighted by Crippen LogP contribution is -1.91. The van der Waals surface area contributed by atoms with Crippen molar-refractivity contribution in [2.45, 2.75) is 26.7 Å². The van der Waals surface area contributed by atoms with E-state index in [0.717, 1.165) is 10.8 Å². The van der Waals surface area contributed by atoms with Crippen molar-refractivity contribution in [3.05, 3.63) is 22.5 Å². The van der Waals surface area contributed by atoms with Gasteiger partial charge < -0.3 is 4.55 Å². The second kappa shape index (κ2) is 6.20. The molecule has 0 unspecified atom stereocenters. The monoisotopic (exact) mass is 194 g/mol. The molecule has 0 aliphatic carbocycles. The molecule has 0 aromatic rings. The van der Waals surface area contributed by atoms with Crippen molar-refractivity contribution in [1.29, 1.82) is 0 Å². The van der Waals surface area contributed by atoms with Crippen LogP contribution in [-0.2, 0) is 11.2 Å². The fourth-order valence-electron chi connectivity index (χ4n) is 0.453. The van der Waals surface area contributed by atoms with Gasteiger partial charge in [0, 0.05) is 24.0 Å². The van der Waals surface area contributed by atoms with Crippen LogP contribution >= 0.6 is 0 Å². The Labute approximate surface area is 74.3 Å². The van der Waals surface area contributed by atoms with Crippen LogP contribution in [0.2, 0.25) is 0 Å². The van der Waals surface area contributed by atoms with Gasteiger partial charge in [0.2, 0.25) is 0 Å². The van der Waals surface area contributed by atoms with E-state index in [-0.39, 0.29) is 12.8 Å². The number of halogens is 2. The molecule has 12 heavy (non-hydrogen) atoms. The molecule has 0 rings (SSSR count). The minimum absolute atomic E-state index is 0.188. The summed E-state index contributed by atoms with van der Waals surface area (Å²) in [6.45, 7) is 3.20. The first-order chi connectivity index (χ1) is 5.60. The minimum atomic E-state index is -1.65. The molecule has 0 heterocycles. The van der Waals surface area contributed by atoms with Crippen LogP contribution < -0.4 is 0 Å². The van der Waals surface area contributed by atoms with E-state index < -0.39 is 22.8 Å². The molecule has 0 aliphatic heterocycles. The Kier molecular flexibility index (Phi) is 6.02. The maximum absolute atomic E-state index is 12.5. The number of hydrogen-bond donors (Lipinski definition) is 0. The molecule has 1 nitrogen and oxygen atoms in total. The van der Waals surface area contributed by atoms with Crippen LogP contribution in [0.15, 0.2) is 22.5 Å². The summed E-state index contributed by atoms with van der Waals surface area (Å²) in [4.78, 5) is 0. The van der Waals surface area contributed by atoms with Crippen LogP contribution in [0.4, 0.5) is 8.78 Å². The van der Waals surface area contributed by atoms with Crippen LogP contribution in [0, 0.1) is 0 Å². The summed E-state index contributed by atoms with van der Waals surface area (Å²) in [7, 11) is 0. The van der Waals surface area contributed by atoms with Crippen molar-refractivity contribution in [2.75, 3.05) is 0 Å². The van der Waals surface area contributed by atoms with Gasteiger partial charge >= 0.3 is 0 Å². The third-order valence-electron chi connectivity index (χ3n) is 1.16. The average Bonchev–Trinajstić information content (AvgIpc) is 2.03. The van der Waals surface area contributed by atoms with Crippen LogP contribution in [0.5, 0.6) is 0 Å². The topological polar surface area (TPSA) is 23.1 Å². The Morgan fingerprint density at radius 2 is 1.50 bits per heavy atom. The van der Waals surface area contributed by atoms with Crippen molar-refractivity contribution in [3.8, 4) is 0 Å². The van der Waals surface area contributed by atoms with Gasteiger partial charge in [0.25, 0.3) is 0 Å². The Balaban J connectivity index is 4.13. The second-order valence-corrected chi connectivity index (χ2v) is 3.29. The Bertz CT molecular complexity index is 169. The first kappa shape index (κ1) is 11.6. The van der Waals surface area contributed by atoms with E-state index in [9.17, 15) is 13.3 Å². The quantitative estimate of drug-likeness (QED) is 0.630. The Hall–Kier alpha value is -0.350. The summed E-state index contributed by atoms with van der Waals surface area (Å²) < 4.78 is 35.8. The van der Waals surface area contributed by atoms with Crippen molar-refractivity contribution in [2.24, 2.45) is 0 Å². The van der Waals surface area contributed by atoms with Gasteiger partial charge in [0.05, 0.1) is 0 Å². The maximum Gasteiger partial charge on any atom is 0.153 e. The summed E-state index contributed by atoms with van der Waals surface area (Å²) in [5.74, 6) is -0.957. The van der Waals surface area contributed by atoms with E-state index in [1.807, 2.05) is 0 Å². The predicted octanol–water partition coefficient (Wildman–Crippen LogP) is 3.18. The van der Waals surface area contributed by atoms with Gasteiger partial charge in [-0.2, -0.15) is 0 Å². The molecule has 0 saturated heterocycles. The summed E-state index contributed by atoms with van der Waals surface area (Å²) >= 11 is -1.65. The first-order valence-corrected chi connectivity index (χ1v) is 4.99. The summed E-state index contributed by atoms with van der Waals surface area (Å²) in [6, 6.07) is 0. The largest absolute Gasteiger partial charge is 0.607 e. The zero-order valence-electron chi connectivity index (χ0n) is 7.14. The molecule has 0 fully saturated rings. The molecule has 0 aromatic carbocycles. The standard InChI is InChI=1S/C8H12F2OS/c1-3-7(9)5-12(11)6-8(10)4-2/h5-6H,3-4H2,1-2H3. The fourth-order valence-corrected chi connectivity index (χ4v) is 1.36. The predicted molar refractivity (Wildman–Crippen MR) is 47.1 cm³/mol. The zero-order chi connectivity index (χ0) is 9.56. The SMILES string of the molecule is CCC(F)=C[S+]([O-])C=C(F)CC. The van der Waals surface area contributed by atoms with Crippen LogP contribution in [0.25, 0.3) is 0 Å². The smallest absolute Gasteiger partial charge is 0.153 e. The van der Waals surface area contributed by atoms with E-state index in [4.69, 9.17) is 0 Å². The molecule has 0 atom stereocenters. The summed E-state index contributed by atoms with van der Waals surface area (Å²) in [6.07, 6.45) is 0.376. The molecule has 0 N–H and O–H groups in total. The van der Waals surface area contributed by atoms with E-state index in [1.165, 1.54) is 0 Å². The lowest BCUT2D eigenvalue weighted by Gasteiger charge is -1.98. The number of hydrogen-bond acceptors (Lipinski definition) is 1. The minimum Gasteiger partial charge on any atom is -0.607 e. The number of allylic oxidation sites excluding steroid dienone is 2. The third kappa shape index (κ3) is 5.32. The molecule has 0 saturated carbocycles. The first-order valence-electron chi connectivity index (χ1n) is 3.71. The van der Waals surface area contributed by atoms with E-state index in [1.54, 1.807) is 13.8 Å². The van der Waals surface area contributed by atoms with Gasteiger partial charge in [-0.1, -0.05) is 13.8 Å². The van der Waals surface area contributed by atoms with E-state index in [2.05, 4.69) is 0 Å². The van der Waals surface area contributed by atoms with Crippen LogP contribution in [0.3, 0.4) is 0 Å². The molecule has 0 aliphatic rings. The molecule has 70 valence electrons. The molecule has 0 spiro atoms. The van der Waals surface area contributed by atoms with Gasteiger partial charge in [-0.3, -0.25) is 0 Å². The lowest BCUT2D eigenvalue weighted by molar-refractivity contribution is 0.586. The van der Waals surface area contributed by atoms with Gasteiger partial charge in [0.1, 0.15) is 11.7 Å². The molecule has 0 bridgehead atoms. The Morgan fingerprint density at radius 1 is 1.17 bits per heavy atom. The highest BCUT2D eigenvalue weighted by molar-refractivity contribution is 7.97. The van der Waals surface area contributed by atoms with Gasteiger partial charge in [-0.05, 0) is 0 Å². The van der Waals surface area contributed by atoms with Gasteiger partial charge in [-0.25, -0.2) is 8.78 Å². The molecule has 4 heteroatoms. The molecular weight excluding hydrogens is 182 g/mol. The van der Waals surface area contributed by atoms with Crippen molar-refractivity contribution < 1.29 is 13.3 Å². The normalized spacial score (nSPS) is 16.4. The summed E-state index contributed by atoms with van der Waals surface area (Å²) in [5, 5.41) is 1.82.